The largest absolute Gasteiger partial charge is 0.404 e. The molecule has 98 valence electrons. The Kier molecular flexibility index (Phi) is 3.32. The molecule has 0 saturated heterocycles. The Balaban J connectivity index is 1.84. The van der Waals surface area contributed by atoms with Crippen LogP contribution in [0, 0.1) is 10.1 Å². The summed E-state index contributed by atoms with van der Waals surface area (Å²) in [5, 5.41) is 14.8. The van der Waals surface area contributed by atoms with Crippen LogP contribution in [0.1, 0.15) is 11.5 Å². The molecule has 3 rings (SSSR count). The van der Waals surface area contributed by atoms with Gasteiger partial charge in [-0.25, -0.2) is 0 Å². The number of nitro groups is 1. The number of nitrogens with zero attached hydrogens (tertiary/aromatic N) is 3. The average Bonchev–Trinajstić information content (AvgIpc) is 2.95. The molecule has 1 aliphatic rings. The van der Waals surface area contributed by atoms with Crippen molar-refractivity contribution in [1.82, 2.24) is 9.78 Å². The van der Waals surface area contributed by atoms with E-state index in [2.05, 4.69) is 33.2 Å². The van der Waals surface area contributed by atoms with Gasteiger partial charge in [-0.05, 0) is 32.5 Å². The molecule has 0 spiro atoms. The highest BCUT2D eigenvalue weighted by Crippen LogP contribution is 2.40. The van der Waals surface area contributed by atoms with Crippen molar-refractivity contribution in [1.29, 1.82) is 0 Å². The normalized spacial score (nSPS) is 17.4. The van der Waals surface area contributed by atoms with Crippen LogP contribution in [0.15, 0.2) is 39.8 Å². The van der Waals surface area contributed by atoms with Crippen LogP contribution in [0.3, 0.4) is 0 Å². The summed E-state index contributed by atoms with van der Waals surface area (Å²) in [6.45, 7) is 0.663. The zero-order valence-corrected chi connectivity index (χ0v) is 12.2. The van der Waals surface area contributed by atoms with Crippen molar-refractivity contribution >= 4 is 33.5 Å². The van der Waals surface area contributed by atoms with Crippen LogP contribution >= 0.6 is 27.7 Å². The van der Waals surface area contributed by atoms with Crippen LogP contribution in [0.4, 0.5) is 5.82 Å². The van der Waals surface area contributed by atoms with Gasteiger partial charge in [-0.3, -0.25) is 0 Å². The second kappa shape index (κ2) is 4.97. The van der Waals surface area contributed by atoms with Gasteiger partial charge in [-0.15, -0.1) is 11.8 Å². The Morgan fingerprint density at radius 2 is 2.32 bits per heavy atom. The fourth-order valence-electron chi connectivity index (χ4n) is 2.21. The second-order valence-electron chi connectivity index (χ2n) is 4.33. The molecule has 1 atom stereocenters. The Morgan fingerprint density at radius 1 is 1.53 bits per heavy atom. The van der Waals surface area contributed by atoms with Crippen molar-refractivity contribution in [2.45, 2.75) is 17.4 Å². The number of hydrogen-bond donors (Lipinski definition) is 0. The average molecular weight is 340 g/mol. The fraction of sp³-hybridized carbons (Fsp3) is 0.250. The minimum Gasteiger partial charge on any atom is -0.358 e. The number of thioether (sulfide) groups is 1. The fourth-order valence-corrected chi connectivity index (χ4v) is 3.91. The second-order valence-corrected chi connectivity index (χ2v) is 6.24. The number of rotatable bonds is 3. The van der Waals surface area contributed by atoms with Crippen LogP contribution in [-0.2, 0) is 6.54 Å². The van der Waals surface area contributed by atoms with E-state index in [9.17, 15) is 10.1 Å². The van der Waals surface area contributed by atoms with Crippen molar-refractivity contribution in [3.63, 3.8) is 0 Å². The van der Waals surface area contributed by atoms with Crippen LogP contribution in [0.5, 0.6) is 0 Å². The first-order valence-corrected chi connectivity index (χ1v) is 7.52. The van der Waals surface area contributed by atoms with Gasteiger partial charge in [0.05, 0.1) is 17.8 Å². The van der Waals surface area contributed by atoms with Gasteiger partial charge < -0.3 is 10.1 Å². The Labute approximate surface area is 122 Å². The van der Waals surface area contributed by atoms with E-state index in [-0.39, 0.29) is 5.82 Å². The number of halogens is 1. The van der Waals surface area contributed by atoms with E-state index in [0.717, 1.165) is 5.75 Å². The molecular weight excluding hydrogens is 330 g/mol. The van der Waals surface area contributed by atoms with Gasteiger partial charge in [-0.2, -0.15) is 4.68 Å². The summed E-state index contributed by atoms with van der Waals surface area (Å²) in [7, 11) is 0. The molecule has 1 aromatic carbocycles. The molecule has 0 radical (unpaired) electrons. The lowest BCUT2D eigenvalue weighted by atomic mass is 10.0. The van der Waals surface area contributed by atoms with Crippen molar-refractivity contribution in [2.75, 3.05) is 5.75 Å². The summed E-state index contributed by atoms with van der Waals surface area (Å²) >= 11 is 4.99. The van der Waals surface area contributed by atoms with Crippen molar-refractivity contribution < 1.29 is 4.92 Å². The number of fused-ring (bicyclic) bond motifs is 1. The Hall–Kier alpha value is -1.34. The van der Waals surface area contributed by atoms with Crippen molar-refractivity contribution in [3.8, 4) is 0 Å². The zero-order valence-electron chi connectivity index (χ0n) is 9.82. The lowest BCUT2D eigenvalue weighted by molar-refractivity contribution is -0.390. The molecule has 1 aliphatic heterocycles. The Bertz CT molecular complexity index is 644. The molecule has 1 unspecified atom stereocenters. The maximum Gasteiger partial charge on any atom is 0.404 e. The van der Waals surface area contributed by atoms with Gasteiger partial charge in [0.2, 0.25) is 0 Å². The van der Waals surface area contributed by atoms with Gasteiger partial charge in [-0.1, -0.05) is 18.2 Å². The van der Waals surface area contributed by atoms with E-state index >= 15 is 0 Å². The summed E-state index contributed by atoms with van der Waals surface area (Å²) in [4.78, 5) is 11.6. The quantitative estimate of drug-likeness (QED) is 0.634. The van der Waals surface area contributed by atoms with E-state index in [1.807, 2.05) is 23.9 Å². The summed E-state index contributed by atoms with van der Waals surface area (Å²) in [6, 6.07) is 8.29. The van der Waals surface area contributed by atoms with Crippen molar-refractivity contribution in [2.24, 2.45) is 0 Å². The minimum absolute atomic E-state index is 0.126. The molecule has 0 amide bonds. The van der Waals surface area contributed by atoms with Crippen LogP contribution in [0.25, 0.3) is 0 Å². The third-order valence-electron chi connectivity index (χ3n) is 3.08. The highest BCUT2D eigenvalue weighted by molar-refractivity contribution is 9.10. The first-order valence-electron chi connectivity index (χ1n) is 5.74. The maximum atomic E-state index is 10.8. The minimum atomic E-state index is -0.474. The van der Waals surface area contributed by atoms with E-state index in [1.54, 1.807) is 10.9 Å². The van der Waals surface area contributed by atoms with Crippen LogP contribution < -0.4 is 0 Å². The van der Waals surface area contributed by atoms with Crippen molar-refractivity contribution in [3.05, 3.63) is 50.6 Å². The summed E-state index contributed by atoms with van der Waals surface area (Å²) in [6.07, 6.45) is 1.67. The van der Waals surface area contributed by atoms with E-state index in [1.165, 1.54) is 10.5 Å². The summed E-state index contributed by atoms with van der Waals surface area (Å²) in [5.41, 5.74) is 1.31. The van der Waals surface area contributed by atoms with Gasteiger partial charge in [0, 0.05) is 16.6 Å². The predicted molar refractivity (Wildman–Crippen MR) is 76.5 cm³/mol. The molecule has 19 heavy (non-hydrogen) atoms. The highest BCUT2D eigenvalue weighted by atomic mass is 79.9. The molecule has 0 aliphatic carbocycles. The summed E-state index contributed by atoms with van der Waals surface area (Å²) < 4.78 is 2.08. The van der Waals surface area contributed by atoms with Gasteiger partial charge >= 0.3 is 5.82 Å². The molecule has 5 nitrogen and oxygen atoms in total. The van der Waals surface area contributed by atoms with Crippen LogP contribution in [0.2, 0.25) is 0 Å². The molecule has 0 saturated carbocycles. The molecule has 1 aromatic heterocycles. The number of hydrogen-bond acceptors (Lipinski definition) is 4. The maximum absolute atomic E-state index is 10.8. The predicted octanol–water partition coefficient (Wildman–Crippen LogP) is 3.44. The molecule has 2 aromatic rings. The standard InChI is InChI=1S/C12H10BrN3O2S/c13-10-6-15(14-12(10)16(17)18)5-8-7-19-11-4-2-1-3-9(8)11/h1-4,6,8H,5,7H2. The Morgan fingerprint density at radius 3 is 3.05 bits per heavy atom. The summed E-state index contributed by atoms with van der Waals surface area (Å²) in [5.74, 6) is 1.22. The lowest BCUT2D eigenvalue weighted by Gasteiger charge is -2.07. The molecule has 0 bridgehead atoms. The third kappa shape index (κ3) is 2.40. The van der Waals surface area contributed by atoms with Gasteiger partial charge in [0.1, 0.15) is 4.47 Å². The lowest BCUT2D eigenvalue weighted by Crippen LogP contribution is -2.09. The first kappa shape index (κ1) is 12.7. The molecule has 7 heteroatoms. The first-order chi connectivity index (χ1) is 9.15. The molecule has 0 N–H and O–H groups in total. The third-order valence-corrected chi connectivity index (χ3v) is 4.89. The number of benzene rings is 1. The van der Waals surface area contributed by atoms with E-state index in [4.69, 9.17) is 0 Å². The SMILES string of the molecule is O=[N+]([O-])c1nn(CC2CSc3ccccc32)cc1Br. The van der Waals surface area contributed by atoms with Gasteiger partial charge in [0.15, 0.2) is 0 Å². The van der Waals surface area contributed by atoms with E-state index in [0.29, 0.717) is 16.9 Å². The molecular formula is C12H10BrN3O2S. The zero-order chi connectivity index (χ0) is 13.4. The topological polar surface area (TPSA) is 61.0 Å². The highest BCUT2D eigenvalue weighted by Gasteiger charge is 2.26. The smallest absolute Gasteiger partial charge is 0.358 e. The monoisotopic (exact) mass is 339 g/mol. The molecule has 2 heterocycles. The number of aromatic nitrogens is 2. The van der Waals surface area contributed by atoms with E-state index < -0.39 is 4.92 Å². The van der Waals surface area contributed by atoms with Gasteiger partial charge in [0.25, 0.3) is 0 Å². The molecule has 0 fully saturated rings. The van der Waals surface area contributed by atoms with Crippen LogP contribution in [-0.4, -0.2) is 20.5 Å².